The summed E-state index contributed by atoms with van der Waals surface area (Å²) in [5.74, 6) is -1.58. The van der Waals surface area contributed by atoms with Gasteiger partial charge in [-0.1, -0.05) is 30.3 Å². The highest BCUT2D eigenvalue weighted by atomic mass is 32.2. The van der Waals surface area contributed by atoms with Crippen molar-refractivity contribution in [2.24, 2.45) is 5.73 Å². The Kier molecular flexibility index (Phi) is 5.06. The maximum Gasteiger partial charge on any atom is 0.338 e. The van der Waals surface area contributed by atoms with Crippen LogP contribution >= 0.6 is 0 Å². The van der Waals surface area contributed by atoms with Gasteiger partial charge in [-0.15, -0.1) is 0 Å². The number of amides is 1. The second kappa shape index (κ2) is 7.27. The summed E-state index contributed by atoms with van der Waals surface area (Å²) in [6.07, 6.45) is 0.635. The number of hydrogen-bond donors (Lipinski definition) is 1. The largest absolute Gasteiger partial charge is 0.452 e. The normalized spacial score (nSPS) is 14.5. The molecular formula is C18H18N2O5S. The van der Waals surface area contributed by atoms with Crippen LogP contribution in [0.1, 0.15) is 21.5 Å². The Morgan fingerprint density at radius 1 is 1.08 bits per heavy atom. The molecule has 0 bridgehead atoms. The van der Waals surface area contributed by atoms with E-state index < -0.39 is 28.5 Å². The van der Waals surface area contributed by atoms with Crippen LogP contribution in [0.25, 0.3) is 0 Å². The van der Waals surface area contributed by atoms with Gasteiger partial charge in [0.25, 0.3) is 5.91 Å². The topological polar surface area (TPSA) is 107 Å². The van der Waals surface area contributed by atoms with E-state index in [1.807, 2.05) is 24.3 Å². The average molecular weight is 374 g/mol. The Morgan fingerprint density at radius 2 is 1.81 bits per heavy atom. The third-order valence-corrected chi connectivity index (χ3v) is 5.99. The zero-order valence-electron chi connectivity index (χ0n) is 13.9. The van der Waals surface area contributed by atoms with E-state index in [4.69, 9.17) is 10.5 Å². The molecule has 136 valence electrons. The monoisotopic (exact) mass is 374 g/mol. The molecule has 2 aromatic rings. The number of rotatable bonds is 5. The van der Waals surface area contributed by atoms with Crippen LogP contribution in [0.3, 0.4) is 0 Å². The molecule has 2 aromatic carbocycles. The third kappa shape index (κ3) is 3.76. The lowest BCUT2D eigenvalue weighted by Gasteiger charge is -2.28. The Hall–Kier alpha value is -2.71. The predicted molar refractivity (Wildman–Crippen MR) is 93.7 cm³/mol. The molecule has 0 saturated heterocycles. The summed E-state index contributed by atoms with van der Waals surface area (Å²) in [7, 11) is -3.76. The summed E-state index contributed by atoms with van der Waals surface area (Å²) >= 11 is 0. The number of hydrogen-bond acceptors (Lipinski definition) is 5. The lowest BCUT2D eigenvalue weighted by Crippen LogP contribution is -2.36. The Morgan fingerprint density at radius 3 is 2.54 bits per heavy atom. The fourth-order valence-electron chi connectivity index (χ4n) is 2.83. The van der Waals surface area contributed by atoms with Crippen LogP contribution in [0.4, 0.5) is 0 Å². The molecule has 7 nitrogen and oxygen atoms in total. The van der Waals surface area contributed by atoms with E-state index in [2.05, 4.69) is 0 Å². The van der Waals surface area contributed by atoms with Crippen molar-refractivity contribution in [1.82, 2.24) is 4.31 Å². The van der Waals surface area contributed by atoms with E-state index in [9.17, 15) is 18.0 Å². The van der Waals surface area contributed by atoms with Crippen LogP contribution in [0.15, 0.2) is 53.4 Å². The van der Waals surface area contributed by atoms with Crippen molar-refractivity contribution >= 4 is 21.9 Å². The minimum Gasteiger partial charge on any atom is -0.452 e. The van der Waals surface area contributed by atoms with Crippen molar-refractivity contribution in [2.75, 3.05) is 13.2 Å². The first-order chi connectivity index (χ1) is 12.4. The summed E-state index contributed by atoms with van der Waals surface area (Å²) < 4.78 is 32.0. The standard InChI is InChI=1S/C18H18N2O5S/c19-17(21)12-25-18(22)14-6-3-7-16(10-14)26(23,24)20-9-8-13-4-1-2-5-15(13)11-20/h1-7,10H,8-9,11-12H2,(H2,19,21). The number of esters is 1. The number of nitrogens with zero attached hydrogens (tertiary/aromatic N) is 1. The van der Waals surface area contributed by atoms with Crippen LogP contribution in [-0.4, -0.2) is 37.8 Å². The van der Waals surface area contributed by atoms with E-state index in [-0.39, 0.29) is 17.0 Å². The van der Waals surface area contributed by atoms with Crippen LogP contribution in [0.2, 0.25) is 0 Å². The minimum absolute atomic E-state index is 0.00501. The van der Waals surface area contributed by atoms with E-state index in [1.165, 1.54) is 28.6 Å². The fourth-order valence-corrected chi connectivity index (χ4v) is 4.29. The molecule has 0 spiro atoms. The van der Waals surface area contributed by atoms with Gasteiger partial charge in [0.15, 0.2) is 6.61 Å². The van der Waals surface area contributed by atoms with Gasteiger partial charge in [0, 0.05) is 13.1 Å². The highest BCUT2D eigenvalue weighted by molar-refractivity contribution is 7.89. The molecule has 26 heavy (non-hydrogen) atoms. The average Bonchev–Trinajstić information content (AvgIpc) is 2.65. The first-order valence-electron chi connectivity index (χ1n) is 8.00. The van der Waals surface area contributed by atoms with Crippen LogP contribution in [0, 0.1) is 0 Å². The number of sulfonamides is 1. The highest BCUT2D eigenvalue weighted by Crippen LogP contribution is 2.25. The predicted octanol–water partition coefficient (Wildman–Crippen LogP) is 1.08. The molecule has 1 aliphatic heterocycles. The summed E-state index contributed by atoms with van der Waals surface area (Å²) in [6.45, 7) is 0.100. The zero-order chi connectivity index (χ0) is 18.7. The molecule has 0 aromatic heterocycles. The maximum atomic E-state index is 12.9. The van der Waals surface area contributed by atoms with Crippen molar-refractivity contribution < 1.29 is 22.7 Å². The fraction of sp³-hybridized carbons (Fsp3) is 0.222. The lowest BCUT2D eigenvalue weighted by molar-refractivity contribution is -0.121. The molecule has 2 N–H and O–H groups in total. The number of primary amides is 1. The Labute approximate surface area is 151 Å². The highest BCUT2D eigenvalue weighted by Gasteiger charge is 2.28. The van der Waals surface area contributed by atoms with E-state index in [1.54, 1.807) is 0 Å². The quantitative estimate of drug-likeness (QED) is 0.788. The van der Waals surface area contributed by atoms with Gasteiger partial charge in [-0.3, -0.25) is 4.79 Å². The molecule has 0 saturated carbocycles. The Balaban J connectivity index is 1.83. The Bertz CT molecular complexity index is 956. The van der Waals surface area contributed by atoms with Crippen molar-refractivity contribution in [2.45, 2.75) is 17.9 Å². The molecule has 0 radical (unpaired) electrons. The molecule has 0 aliphatic carbocycles. The number of benzene rings is 2. The van der Waals surface area contributed by atoms with E-state index >= 15 is 0 Å². The number of carbonyl (C=O) groups excluding carboxylic acids is 2. The molecule has 8 heteroatoms. The number of nitrogens with two attached hydrogens (primary N) is 1. The van der Waals surface area contributed by atoms with E-state index in [0.717, 1.165) is 11.1 Å². The molecule has 1 aliphatic rings. The molecule has 1 heterocycles. The van der Waals surface area contributed by atoms with Crippen LogP contribution in [0.5, 0.6) is 0 Å². The minimum atomic E-state index is -3.76. The lowest BCUT2D eigenvalue weighted by atomic mass is 10.0. The summed E-state index contributed by atoms with van der Waals surface area (Å²) in [4.78, 5) is 22.6. The van der Waals surface area contributed by atoms with Gasteiger partial charge in [0.05, 0.1) is 10.5 Å². The van der Waals surface area contributed by atoms with Crippen molar-refractivity contribution in [1.29, 1.82) is 0 Å². The third-order valence-electron chi connectivity index (χ3n) is 4.15. The summed E-state index contributed by atoms with van der Waals surface area (Å²) in [5.41, 5.74) is 7.09. The molecule has 1 amide bonds. The number of ether oxygens (including phenoxy) is 1. The molecule has 0 fully saturated rings. The number of carbonyl (C=O) groups is 2. The van der Waals surface area contributed by atoms with Gasteiger partial charge in [0.2, 0.25) is 10.0 Å². The second-order valence-electron chi connectivity index (χ2n) is 5.93. The summed E-state index contributed by atoms with van der Waals surface area (Å²) in [6, 6.07) is 13.3. The van der Waals surface area contributed by atoms with Gasteiger partial charge in [-0.05, 0) is 35.7 Å². The van der Waals surface area contributed by atoms with Crippen LogP contribution < -0.4 is 5.73 Å². The van der Waals surface area contributed by atoms with Crippen molar-refractivity contribution in [3.63, 3.8) is 0 Å². The van der Waals surface area contributed by atoms with Crippen molar-refractivity contribution in [3.05, 3.63) is 65.2 Å². The molecular weight excluding hydrogens is 356 g/mol. The van der Waals surface area contributed by atoms with Gasteiger partial charge >= 0.3 is 5.97 Å². The van der Waals surface area contributed by atoms with Crippen molar-refractivity contribution in [3.8, 4) is 0 Å². The van der Waals surface area contributed by atoms with Crippen LogP contribution in [-0.2, 0) is 32.5 Å². The first-order valence-corrected chi connectivity index (χ1v) is 9.44. The molecule has 0 unspecified atom stereocenters. The molecule has 0 atom stereocenters. The SMILES string of the molecule is NC(=O)COC(=O)c1cccc(S(=O)(=O)N2CCc3ccccc3C2)c1. The first kappa shape index (κ1) is 18.1. The van der Waals surface area contributed by atoms with Gasteiger partial charge in [0.1, 0.15) is 0 Å². The van der Waals surface area contributed by atoms with E-state index in [0.29, 0.717) is 13.0 Å². The number of fused-ring (bicyclic) bond motifs is 1. The van der Waals surface area contributed by atoms with Gasteiger partial charge in [-0.2, -0.15) is 4.31 Å². The second-order valence-corrected chi connectivity index (χ2v) is 7.87. The van der Waals surface area contributed by atoms with Gasteiger partial charge in [-0.25, -0.2) is 13.2 Å². The summed E-state index contributed by atoms with van der Waals surface area (Å²) in [5, 5.41) is 0. The zero-order valence-corrected chi connectivity index (χ0v) is 14.7. The maximum absolute atomic E-state index is 12.9. The van der Waals surface area contributed by atoms with Gasteiger partial charge < -0.3 is 10.5 Å². The molecule has 3 rings (SSSR count). The smallest absolute Gasteiger partial charge is 0.338 e.